The fraction of sp³-hybridized carbons (Fsp3) is 0.333. The third-order valence-corrected chi connectivity index (χ3v) is 2.03. The highest BCUT2D eigenvalue weighted by Crippen LogP contribution is 2.18. The average Bonchev–Trinajstić information content (AvgIpc) is 2.71. The Kier molecular flexibility index (Phi) is 2.22. The van der Waals surface area contributed by atoms with Gasteiger partial charge in [-0.3, -0.25) is 4.98 Å². The summed E-state index contributed by atoms with van der Waals surface area (Å²) in [6.45, 7) is 4.24. The molecule has 0 fully saturated rings. The van der Waals surface area contributed by atoms with Crippen molar-refractivity contribution in [3.63, 3.8) is 0 Å². The highest BCUT2D eigenvalue weighted by atomic mass is 15.5. The fourth-order valence-electron chi connectivity index (χ4n) is 1.18. The summed E-state index contributed by atoms with van der Waals surface area (Å²) in [6.07, 6.45) is 3.59. The number of H-pyrrole nitrogens is 1. The normalized spacial score (nSPS) is 10.8. The van der Waals surface area contributed by atoms with Crippen molar-refractivity contribution < 1.29 is 0 Å². The molecule has 1 N–H and O–H groups in total. The Morgan fingerprint density at radius 2 is 2.14 bits per heavy atom. The van der Waals surface area contributed by atoms with Crippen LogP contribution in [0.2, 0.25) is 0 Å². The van der Waals surface area contributed by atoms with Gasteiger partial charge in [0.05, 0.1) is 0 Å². The van der Waals surface area contributed by atoms with Gasteiger partial charge in [0.15, 0.2) is 0 Å². The Morgan fingerprint density at radius 1 is 1.29 bits per heavy atom. The van der Waals surface area contributed by atoms with Crippen molar-refractivity contribution in [2.45, 2.75) is 19.8 Å². The molecule has 0 radical (unpaired) electrons. The highest BCUT2D eigenvalue weighted by Gasteiger charge is 2.05. The largest absolute Gasteiger partial charge is 0.264 e. The van der Waals surface area contributed by atoms with Gasteiger partial charge in [0.1, 0.15) is 0 Å². The van der Waals surface area contributed by atoms with Gasteiger partial charge in [0.25, 0.3) is 0 Å². The first-order valence-electron chi connectivity index (χ1n) is 4.46. The van der Waals surface area contributed by atoms with Crippen molar-refractivity contribution >= 4 is 0 Å². The first kappa shape index (κ1) is 8.80. The molecule has 72 valence electrons. The van der Waals surface area contributed by atoms with Crippen molar-refractivity contribution in [3.05, 3.63) is 24.0 Å². The number of tetrazole rings is 1. The van der Waals surface area contributed by atoms with Crippen LogP contribution in [0.1, 0.15) is 25.3 Å². The topological polar surface area (TPSA) is 67.3 Å². The lowest BCUT2D eigenvalue weighted by molar-refractivity contribution is 0.858. The maximum absolute atomic E-state index is 4.14. The molecule has 2 heterocycles. The van der Waals surface area contributed by atoms with Crippen molar-refractivity contribution in [2.24, 2.45) is 0 Å². The quantitative estimate of drug-likeness (QED) is 0.775. The predicted molar refractivity (Wildman–Crippen MR) is 51.5 cm³/mol. The maximum atomic E-state index is 4.14. The van der Waals surface area contributed by atoms with Gasteiger partial charge in [0, 0.05) is 18.0 Å². The van der Waals surface area contributed by atoms with E-state index < -0.39 is 0 Å². The lowest BCUT2D eigenvalue weighted by Gasteiger charge is -2.04. The summed E-state index contributed by atoms with van der Waals surface area (Å²) in [5.74, 6) is 1.04. The van der Waals surface area contributed by atoms with Crippen LogP contribution < -0.4 is 0 Å². The van der Waals surface area contributed by atoms with Crippen LogP contribution in [-0.4, -0.2) is 25.6 Å². The van der Waals surface area contributed by atoms with Crippen LogP contribution in [0.5, 0.6) is 0 Å². The zero-order valence-corrected chi connectivity index (χ0v) is 8.10. The molecule has 0 atom stereocenters. The molecule has 0 unspecified atom stereocenters. The molecular weight excluding hydrogens is 178 g/mol. The zero-order chi connectivity index (χ0) is 9.97. The number of aromatic amines is 1. The molecule has 14 heavy (non-hydrogen) atoms. The second-order valence-electron chi connectivity index (χ2n) is 3.40. The number of rotatable bonds is 2. The molecule has 0 aliphatic heterocycles. The first-order valence-corrected chi connectivity index (χ1v) is 4.46. The van der Waals surface area contributed by atoms with Crippen LogP contribution in [-0.2, 0) is 0 Å². The Balaban J connectivity index is 2.41. The van der Waals surface area contributed by atoms with E-state index in [1.165, 1.54) is 5.56 Å². The van der Waals surface area contributed by atoms with Crippen LogP contribution in [0, 0.1) is 0 Å². The third kappa shape index (κ3) is 1.61. The number of nitrogens with one attached hydrogen (secondary N) is 1. The van der Waals surface area contributed by atoms with E-state index in [-0.39, 0.29) is 0 Å². The van der Waals surface area contributed by atoms with Crippen LogP contribution in [0.3, 0.4) is 0 Å². The monoisotopic (exact) mass is 189 g/mol. The van der Waals surface area contributed by atoms with Gasteiger partial charge in [-0.1, -0.05) is 13.8 Å². The Labute approximate surface area is 81.6 Å². The smallest absolute Gasteiger partial charge is 0.206 e. The van der Waals surface area contributed by atoms with Crippen molar-refractivity contribution in [3.8, 4) is 11.4 Å². The first-order chi connectivity index (χ1) is 6.77. The van der Waals surface area contributed by atoms with E-state index in [9.17, 15) is 0 Å². The van der Waals surface area contributed by atoms with E-state index in [4.69, 9.17) is 0 Å². The van der Waals surface area contributed by atoms with Gasteiger partial charge in [-0.15, -0.1) is 10.2 Å². The molecule has 5 heteroatoms. The molecule has 0 aliphatic rings. The highest BCUT2D eigenvalue weighted by molar-refractivity contribution is 5.53. The summed E-state index contributed by atoms with van der Waals surface area (Å²) in [6, 6.07) is 2.03. The van der Waals surface area contributed by atoms with Crippen LogP contribution in [0.15, 0.2) is 18.5 Å². The second-order valence-corrected chi connectivity index (χ2v) is 3.40. The lowest BCUT2D eigenvalue weighted by atomic mass is 10.0. The summed E-state index contributed by atoms with van der Waals surface area (Å²) in [5, 5.41) is 13.7. The molecule has 2 rings (SSSR count). The summed E-state index contributed by atoms with van der Waals surface area (Å²) >= 11 is 0. The standard InChI is InChI=1S/C9H11N5/c1-6(2)7-3-8(5-10-4-7)9-11-13-14-12-9/h3-6H,1-2H3,(H,11,12,13,14). The van der Waals surface area contributed by atoms with Crippen molar-refractivity contribution in [1.82, 2.24) is 25.6 Å². The summed E-state index contributed by atoms with van der Waals surface area (Å²) in [4.78, 5) is 4.14. The Morgan fingerprint density at radius 3 is 2.79 bits per heavy atom. The molecule has 0 aliphatic carbocycles. The number of pyridine rings is 1. The molecule has 0 aromatic carbocycles. The molecule has 2 aromatic heterocycles. The van der Waals surface area contributed by atoms with Gasteiger partial charge < -0.3 is 0 Å². The minimum Gasteiger partial charge on any atom is -0.264 e. The van der Waals surface area contributed by atoms with E-state index in [2.05, 4.69) is 39.5 Å². The molecule has 0 bridgehead atoms. The fourth-order valence-corrected chi connectivity index (χ4v) is 1.18. The van der Waals surface area contributed by atoms with E-state index in [1.54, 1.807) is 6.20 Å². The third-order valence-electron chi connectivity index (χ3n) is 2.03. The van der Waals surface area contributed by atoms with Crippen molar-refractivity contribution in [1.29, 1.82) is 0 Å². The van der Waals surface area contributed by atoms with Crippen LogP contribution in [0.25, 0.3) is 11.4 Å². The van der Waals surface area contributed by atoms with Crippen molar-refractivity contribution in [2.75, 3.05) is 0 Å². The SMILES string of the molecule is CC(C)c1cncc(-c2nn[nH]n2)c1. The molecule has 5 nitrogen and oxygen atoms in total. The van der Waals surface area contributed by atoms with Gasteiger partial charge in [-0.05, 0) is 22.8 Å². The number of hydrogen-bond acceptors (Lipinski definition) is 4. The van der Waals surface area contributed by atoms with E-state index in [1.807, 2.05) is 12.3 Å². The van der Waals surface area contributed by atoms with Crippen LogP contribution >= 0.6 is 0 Å². The number of hydrogen-bond donors (Lipinski definition) is 1. The Bertz CT molecular complexity index is 407. The molecule has 0 spiro atoms. The molecule has 2 aromatic rings. The van der Waals surface area contributed by atoms with Gasteiger partial charge in [-0.2, -0.15) is 5.21 Å². The predicted octanol–water partition coefficient (Wildman–Crippen LogP) is 1.39. The van der Waals surface area contributed by atoms with Crippen LogP contribution in [0.4, 0.5) is 0 Å². The Hall–Kier alpha value is -1.78. The maximum Gasteiger partial charge on any atom is 0.206 e. The van der Waals surface area contributed by atoms with E-state index >= 15 is 0 Å². The molecular formula is C9H11N5. The van der Waals surface area contributed by atoms with Gasteiger partial charge in [-0.25, -0.2) is 0 Å². The lowest BCUT2D eigenvalue weighted by Crippen LogP contribution is -1.91. The summed E-state index contributed by atoms with van der Waals surface area (Å²) < 4.78 is 0. The summed E-state index contributed by atoms with van der Waals surface area (Å²) in [7, 11) is 0. The van der Waals surface area contributed by atoms with Gasteiger partial charge in [0.2, 0.25) is 5.82 Å². The number of aromatic nitrogens is 5. The van der Waals surface area contributed by atoms with E-state index in [0.29, 0.717) is 11.7 Å². The van der Waals surface area contributed by atoms with E-state index in [0.717, 1.165) is 5.56 Å². The number of nitrogens with zero attached hydrogens (tertiary/aromatic N) is 4. The summed E-state index contributed by atoms with van der Waals surface area (Å²) in [5.41, 5.74) is 2.07. The minimum absolute atomic E-state index is 0.453. The van der Waals surface area contributed by atoms with Gasteiger partial charge >= 0.3 is 0 Å². The zero-order valence-electron chi connectivity index (χ0n) is 8.10. The molecule has 0 amide bonds. The average molecular weight is 189 g/mol. The minimum atomic E-state index is 0.453. The molecule has 0 saturated heterocycles. The molecule has 0 saturated carbocycles. The second kappa shape index (κ2) is 3.53.